The van der Waals surface area contributed by atoms with Gasteiger partial charge in [-0.2, -0.15) is 0 Å². The zero-order chi connectivity index (χ0) is 18.3. The second-order valence-electron chi connectivity index (χ2n) is 5.54. The van der Waals surface area contributed by atoms with Crippen LogP contribution in [0.2, 0.25) is 0 Å². The number of benzene rings is 2. The van der Waals surface area contributed by atoms with Crippen molar-refractivity contribution in [3.8, 4) is 0 Å². The highest BCUT2D eigenvalue weighted by Gasteiger charge is 2.17. The van der Waals surface area contributed by atoms with Crippen molar-refractivity contribution < 1.29 is 17.9 Å². The maximum absolute atomic E-state index is 12.5. The second kappa shape index (κ2) is 8.75. The number of sulfonamides is 1. The molecule has 6 nitrogen and oxygen atoms in total. The Morgan fingerprint density at radius 2 is 1.84 bits per heavy atom. The molecule has 0 aliphatic rings. The number of rotatable bonds is 8. The summed E-state index contributed by atoms with van der Waals surface area (Å²) in [6, 6.07) is 13.8. The second-order valence-corrected chi connectivity index (χ2v) is 7.30. The van der Waals surface area contributed by atoms with Gasteiger partial charge in [-0.3, -0.25) is 4.79 Å². The molecule has 1 amide bonds. The predicted molar refractivity (Wildman–Crippen MR) is 95.9 cm³/mol. The summed E-state index contributed by atoms with van der Waals surface area (Å²) < 4.78 is 32.4. The van der Waals surface area contributed by atoms with E-state index >= 15 is 0 Å². The molecule has 0 spiro atoms. The molecule has 0 aromatic heterocycles. The summed E-state index contributed by atoms with van der Waals surface area (Å²) in [6.07, 6.45) is 0. The van der Waals surface area contributed by atoms with Crippen LogP contribution < -0.4 is 10.0 Å². The third kappa shape index (κ3) is 5.38. The van der Waals surface area contributed by atoms with Crippen LogP contribution in [0.1, 0.15) is 21.5 Å². The van der Waals surface area contributed by atoms with Crippen LogP contribution in [0.15, 0.2) is 53.4 Å². The number of carbonyl (C=O) groups excluding carboxylic acids is 1. The molecule has 0 heterocycles. The number of nitrogens with one attached hydrogen (secondary N) is 2. The molecule has 2 N–H and O–H groups in total. The van der Waals surface area contributed by atoms with Gasteiger partial charge in [0, 0.05) is 25.8 Å². The van der Waals surface area contributed by atoms with E-state index < -0.39 is 10.0 Å². The lowest BCUT2D eigenvalue weighted by Gasteiger charge is -2.11. The summed E-state index contributed by atoms with van der Waals surface area (Å²) in [6.45, 7) is 2.70. The van der Waals surface area contributed by atoms with Gasteiger partial charge in [0.05, 0.1) is 11.5 Å². The van der Waals surface area contributed by atoms with Crippen molar-refractivity contribution in [2.45, 2.75) is 18.4 Å². The van der Waals surface area contributed by atoms with Gasteiger partial charge in [0.15, 0.2) is 0 Å². The molecule has 0 atom stereocenters. The van der Waals surface area contributed by atoms with E-state index in [1.165, 1.54) is 12.1 Å². The van der Waals surface area contributed by atoms with Crippen LogP contribution in [-0.2, 0) is 21.3 Å². The molecule has 0 fully saturated rings. The van der Waals surface area contributed by atoms with Crippen LogP contribution in [0.5, 0.6) is 0 Å². The Morgan fingerprint density at radius 3 is 2.52 bits per heavy atom. The predicted octanol–water partition coefficient (Wildman–Crippen LogP) is 1.85. The van der Waals surface area contributed by atoms with E-state index in [4.69, 9.17) is 4.74 Å². The van der Waals surface area contributed by atoms with Crippen molar-refractivity contribution >= 4 is 15.9 Å². The van der Waals surface area contributed by atoms with Crippen molar-refractivity contribution in [3.63, 3.8) is 0 Å². The molecule has 7 heteroatoms. The molecule has 2 rings (SSSR count). The van der Waals surface area contributed by atoms with Gasteiger partial charge in [-0.1, -0.05) is 36.4 Å². The van der Waals surface area contributed by atoms with Crippen molar-refractivity contribution in [1.82, 2.24) is 10.0 Å². The lowest BCUT2D eigenvalue weighted by Crippen LogP contribution is -2.28. The van der Waals surface area contributed by atoms with E-state index in [2.05, 4.69) is 10.0 Å². The third-order valence-electron chi connectivity index (χ3n) is 3.66. The van der Waals surface area contributed by atoms with E-state index in [9.17, 15) is 13.2 Å². The van der Waals surface area contributed by atoms with Gasteiger partial charge in [-0.15, -0.1) is 0 Å². The number of methoxy groups -OCH3 is 1. The topological polar surface area (TPSA) is 84.5 Å². The highest BCUT2D eigenvalue weighted by molar-refractivity contribution is 7.89. The molecule has 0 bridgehead atoms. The summed E-state index contributed by atoms with van der Waals surface area (Å²) in [5.41, 5.74) is 1.89. The molecular formula is C18H22N2O4S. The van der Waals surface area contributed by atoms with E-state index in [1.807, 2.05) is 30.3 Å². The summed E-state index contributed by atoms with van der Waals surface area (Å²) in [5, 5.41) is 2.70. The number of ether oxygens (including phenoxy) is 1. The quantitative estimate of drug-likeness (QED) is 0.702. The first kappa shape index (κ1) is 19.1. The minimum atomic E-state index is -3.71. The number of hydrogen-bond acceptors (Lipinski definition) is 4. The summed E-state index contributed by atoms with van der Waals surface area (Å²) in [7, 11) is -2.17. The summed E-state index contributed by atoms with van der Waals surface area (Å²) in [4.78, 5) is 12.3. The molecular weight excluding hydrogens is 340 g/mol. The molecule has 0 saturated carbocycles. The maximum Gasteiger partial charge on any atom is 0.251 e. The van der Waals surface area contributed by atoms with Crippen molar-refractivity contribution in [3.05, 3.63) is 65.2 Å². The van der Waals surface area contributed by atoms with E-state index in [-0.39, 0.29) is 17.3 Å². The zero-order valence-electron chi connectivity index (χ0n) is 14.3. The van der Waals surface area contributed by atoms with Crippen LogP contribution in [-0.4, -0.2) is 34.6 Å². The van der Waals surface area contributed by atoms with Gasteiger partial charge in [-0.05, 0) is 30.2 Å². The zero-order valence-corrected chi connectivity index (χ0v) is 15.1. The Morgan fingerprint density at radius 1 is 1.12 bits per heavy atom. The van der Waals surface area contributed by atoms with Gasteiger partial charge in [0.1, 0.15) is 0 Å². The third-order valence-corrected chi connectivity index (χ3v) is 5.06. The lowest BCUT2D eigenvalue weighted by molar-refractivity contribution is 0.0936. The molecule has 134 valence electrons. The number of amides is 1. The van der Waals surface area contributed by atoms with E-state index in [1.54, 1.807) is 20.1 Å². The molecule has 0 radical (unpaired) electrons. The first-order valence-electron chi connectivity index (χ1n) is 7.85. The van der Waals surface area contributed by atoms with Crippen LogP contribution >= 0.6 is 0 Å². The number of aryl methyl sites for hydroxylation is 1. The largest absolute Gasteiger partial charge is 0.383 e. The van der Waals surface area contributed by atoms with Crippen LogP contribution in [0.25, 0.3) is 0 Å². The molecule has 0 aliphatic carbocycles. The monoisotopic (exact) mass is 362 g/mol. The van der Waals surface area contributed by atoms with E-state index in [0.29, 0.717) is 24.3 Å². The number of hydrogen-bond donors (Lipinski definition) is 2. The number of carbonyl (C=O) groups is 1. The molecule has 0 aliphatic heterocycles. The first-order chi connectivity index (χ1) is 11.9. The lowest BCUT2D eigenvalue weighted by atomic mass is 10.1. The van der Waals surface area contributed by atoms with Crippen molar-refractivity contribution in [1.29, 1.82) is 0 Å². The van der Waals surface area contributed by atoms with Crippen LogP contribution in [0.3, 0.4) is 0 Å². The Labute approximate surface area is 148 Å². The van der Waals surface area contributed by atoms with Gasteiger partial charge in [0.2, 0.25) is 10.0 Å². The molecule has 0 unspecified atom stereocenters. The molecule has 25 heavy (non-hydrogen) atoms. The fraction of sp³-hybridized carbons (Fsp3) is 0.278. The van der Waals surface area contributed by atoms with Crippen molar-refractivity contribution in [2.75, 3.05) is 20.3 Å². The highest BCUT2D eigenvalue weighted by Crippen LogP contribution is 2.16. The maximum atomic E-state index is 12.5. The molecule has 2 aromatic carbocycles. The fourth-order valence-electron chi connectivity index (χ4n) is 2.23. The average molecular weight is 362 g/mol. The standard InChI is InChI=1S/C18H22N2O4S/c1-14-8-9-16(12-17(14)18(21)19-10-11-24-2)25(22,23)20-13-15-6-4-3-5-7-15/h3-9,12,20H,10-11,13H2,1-2H3,(H,19,21). The Kier molecular flexibility index (Phi) is 6.69. The smallest absolute Gasteiger partial charge is 0.251 e. The van der Waals surface area contributed by atoms with Gasteiger partial charge >= 0.3 is 0 Å². The van der Waals surface area contributed by atoms with E-state index in [0.717, 1.165) is 5.56 Å². The molecule has 0 saturated heterocycles. The fourth-order valence-corrected chi connectivity index (χ4v) is 3.28. The first-order valence-corrected chi connectivity index (χ1v) is 9.34. The minimum Gasteiger partial charge on any atom is -0.383 e. The Hall–Kier alpha value is -2.22. The molecule has 2 aromatic rings. The van der Waals surface area contributed by atoms with Crippen molar-refractivity contribution in [2.24, 2.45) is 0 Å². The van der Waals surface area contributed by atoms with Crippen LogP contribution in [0, 0.1) is 6.92 Å². The Balaban J connectivity index is 2.15. The summed E-state index contributed by atoms with van der Waals surface area (Å²) >= 11 is 0. The summed E-state index contributed by atoms with van der Waals surface area (Å²) in [5.74, 6) is -0.324. The van der Waals surface area contributed by atoms with Gasteiger partial charge < -0.3 is 10.1 Å². The van der Waals surface area contributed by atoms with Gasteiger partial charge in [0.25, 0.3) is 5.91 Å². The minimum absolute atomic E-state index is 0.0610. The van der Waals surface area contributed by atoms with Crippen LogP contribution in [0.4, 0.5) is 0 Å². The highest BCUT2D eigenvalue weighted by atomic mass is 32.2. The normalized spacial score (nSPS) is 11.3. The average Bonchev–Trinajstić information content (AvgIpc) is 2.61. The Bertz CT molecular complexity index is 820. The SMILES string of the molecule is COCCNC(=O)c1cc(S(=O)(=O)NCc2ccccc2)ccc1C. The van der Waals surface area contributed by atoms with Gasteiger partial charge in [-0.25, -0.2) is 13.1 Å².